The standard InChI is InChI=1S/C23H24BrN3O2/c24-19-8-4-7-18(17-19)21-11-5-15-27(21)23(29)13-12-22(28)26(16-6-14-25)20-9-2-1-3-10-20/h1-4,7-10,17,21H,5-6,11-13,15-16H2. The molecule has 1 unspecified atom stereocenters. The second-order valence-corrected chi connectivity index (χ2v) is 8.00. The molecule has 1 heterocycles. The lowest BCUT2D eigenvalue weighted by atomic mass is 10.0. The van der Waals surface area contributed by atoms with Crippen molar-refractivity contribution >= 4 is 33.4 Å². The van der Waals surface area contributed by atoms with E-state index in [1.165, 1.54) is 0 Å². The minimum absolute atomic E-state index is 0.00844. The predicted molar refractivity (Wildman–Crippen MR) is 116 cm³/mol. The van der Waals surface area contributed by atoms with E-state index in [0.717, 1.165) is 35.1 Å². The van der Waals surface area contributed by atoms with E-state index >= 15 is 0 Å². The summed E-state index contributed by atoms with van der Waals surface area (Å²) in [6.45, 7) is 1.05. The van der Waals surface area contributed by atoms with Gasteiger partial charge in [-0.3, -0.25) is 9.59 Å². The van der Waals surface area contributed by atoms with Gasteiger partial charge in [0.2, 0.25) is 11.8 Å². The Morgan fingerprint density at radius 3 is 2.66 bits per heavy atom. The van der Waals surface area contributed by atoms with Crippen LogP contribution in [0.15, 0.2) is 59.1 Å². The van der Waals surface area contributed by atoms with Crippen LogP contribution in [0.4, 0.5) is 5.69 Å². The number of carbonyl (C=O) groups excluding carboxylic acids is 2. The van der Waals surface area contributed by atoms with E-state index in [1.807, 2.05) is 53.4 Å². The fourth-order valence-electron chi connectivity index (χ4n) is 3.79. The lowest BCUT2D eigenvalue weighted by Crippen LogP contribution is -2.34. The molecule has 5 nitrogen and oxygen atoms in total. The molecule has 1 saturated heterocycles. The minimum atomic E-state index is -0.127. The summed E-state index contributed by atoms with van der Waals surface area (Å²) in [5.41, 5.74) is 1.88. The van der Waals surface area contributed by atoms with E-state index < -0.39 is 0 Å². The number of rotatable bonds is 7. The fraction of sp³-hybridized carbons (Fsp3) is 0.348. The number of carbonyl (C=O) groups is 2. The van der Waals surface area contributed by atoms with Gasteiger partial charge in [-0.2, -0.15) is 5.26 Å². The van der Waals surface area contributed by atoms with Gasteiger partial charge in [-0.25, -0.2) is 0 Å². The highest BCUT2D eigenvalue weighted by Crippen LogP contribution is 2.33. The highest BCUT2D eigenvalue weighted by atomic mass is 79.9. The van der Waals surface area contributed by atoms with Gasteiger partial charge in [0, 0.05) is 36.1 Å². The van der Waals surface area contributed by atoms with Crippen LogP contribution in [0, 0.1) is 11.3 Å². The second-order valence-electron chi connectivity index (χ2n) is 7.09. The number of hydrogen-bond acceptors (Lipinski definition) is 3. The molecule has 0 radical (unpaired) electrons. The van der Waals surface area contributed by atoms with Crippen molar-refractivity contribution in [1.29, 1.82) is 5.26 Å². The van der Waals surface area contributed by atoms with E-state index in [2.05, 4.69) is 28.1 Å². The third-order valence-electron chi connectivity index (χ3n) is 5.18. The molecular weight excluding hydrogens is 430 g/mol. The molecular formula is C23H24BrN3O2. The number of anilines is 1. The normalized spacial score (nSPS) is 15.7. The maximum Gasteiger partial charge on any atom is 0.227 e. The molecule has 2 aromatic rings. The molecule has 0 aromatic heterocycles. The molecule has 0 spiro atoms. The van der Waals surface area contributed by atoms with Crippen LogP contribution in [0.5, 0.6) is 0 Å². The largest absolute Gasteiger partial charge is 0.336 e. The summed E-state index contributed by atoms with van der Waals surface area (Å²) in [6, 6.07) is 19.5. The number of para-hydroxylation sites is 1. The van der Waals surface area contributed by atoms with E-state index in [1.54, 1.807) is 4.90 Å². The fourth-order valence-corrected chi connectivity index (χ4v) is 4.20. The van der Waals surface area contributed by atoms with Gasteiger partial charge >= 0.3 is 0 Å². The van der Waals surface area contributed by atoms with Crippen molar-refractivity contribution in [2.75, 3.05) is 18.0 Å². The molecule has 1 atom stereocenters. The lowest BCUT2D eigenvalue weighted by molar-refractivity contribution is -0.134. The van der Waals surface area contributed by atoms with Crippen LogP contribution < -0.4 is 4.90 Å². The molecule has 6 heteroatoms. The first-order valence-electron chi connectivity index (χ1n) is 9.87. The Bertz CT molecular complexity index is 894. The van der Waals surface area contributed by atoms with E-state index in [0.29, 0.717) is 6.54 Å². The monoisotopic (exact) mass is 453 g/mol. The average Bonchev–Trinajstić information content (AvgIpc) is 3.23. The van der Waals surface area contributed by atoms with E-state index in [-0.39, 0.29) is 37.1 Å². The molecule has 2 aromatic carbocycles. The van der Waals surface area contributed by atoms with Crippen LogP contribution in [0.25, 0.3) is 0 Å². The molecule has 1 aliphatic rings. The van der Waals surface area contributed by atoms with Gasteiger partial charge in [-0.1, -0.05) is 46.3 Å². The molecule has 0 aliphatic carbocycles. The van der Waals surface area contributed by atoms with E-state index in [9.17, 15) is 9.59 Å². The lowest BCUT2D eigenvalue weighted by Gasteiger charge is -2.26. The number of nitrogens with zero attached hydrogens (tertiary/aromatic N) is 3. The highest BCUT2D eigenvalue weighted by molar-refractivity contribution is 9.10. The average molecular weight is 454 g/mol. The SMILES string of the molecule is N#CCCN(C(=O)CCC(=O)N1CCCC1c1cccc(Br)c1)c1ccccc1. The summed E-state index contributed by atoms with van der Waals surface area (Å²) in [5, 5.41) is 8.91. The molecule has 0 bridgehead atoms. The first-order valence-corrected chi connectivity index (χ1v) is 10.7. The third-order valence-corrected chi connectivity index (χ3v) is 5.67. The van der Waals surface area contributed by atoms with Gasteiger partial charge in [0.05, 0.1) is 18.5 Å². The van der Waals surface area contributed by atoms with Crippen molar-refractivity contribution in [3.05, 3.63) is 64.6 Å². The number of nitriles is 1. The Hall–Kier alpha value is -2.65. The van der Waals surface area contributed by atoms with Crippen LogP contribution in [0.3, 0.4) is 0 Å². The van der Waals surface area contributed by atoms with Crippen molar-refractivity contribution in [2.24, 2.45) is 0 Å². The summed E-state index contributed by atoms with van der Waals surface area (Å²) in [7, 11) is 0. The number of hydrogen-bond donors (Lipinski definition) is 0. The zero-order valence-corrected chi connectivity index (χ0v) is 17.8. The van der Waals surface area contributed by atoms with Crippen molar-refractivity contribution < 1.29 is 9.59 Å². The molecule has 1 aliphatic heterocycles. The molecule has 150 valence electrons. The zero-order valence-electron chi connectivity index (χ0n) is 16.3. The van der Waals surface area contributed by atoms with Crippen molar-refractivity contribution in [3.63, 3.8) is 0 Å². The number of halogens is 1. The van der Waals surface area contributed by atoms with Crippen molar-refractivity contribution in [3.8, 4) is 6.07 Å². The first-order chi connectivity index (χ1) is 14.1. The molecule has 0 saturated carbocycles. The van der Waals surface area contributed by atoms with Crippen LogP contribution in [-0.2, 0) is 9.59 Å². The first kappa shape index (κ1) is 21.1. The van der Waals surface area contributed by atoms with E-state index in [4.69, 9.17) is 5.26 Å². The Morgan fingerprint density at radius 1 is 1.14 bits per heavy atom. The summed E-state index contributed by atoms with van der Waals surface area (Å²) in [4.78, 5) is 29.2. The van der Waals surface area contributed by atoms with Gasteiger partial charge in [0.15, 0.2) is 0 Å². The Kier molecular flexibility index (Phi) is 7.42. The second kappa shape index (κ2) is 10.2. The van der Waals surface area contributed by atoms with Gasteiger partial charge < -0.3 is 9.80 Å². The third kappa shape index (κ3) is 5.45. The summed E-state index contributed by atoms with van der Waals surface area (Å²) in [6.07, 6.45) is 2.48. The van der Waals surface area contributed by atoms with Crippen LogP contribution in [-0.4, -0.2) is 29.8 Å². The maximum absolute atomic E-state index is 12.9. The molecule has 29 heavy (non-hydrogen) atoms. The van der Waals surface area contributed by atoms with Crippen LogP contribution in [0.1, 0.15) is 43.7 Å². The molecule has 1 fully saturated rings. The minimum Gasteiger partial charge on any atom is -0.336 e. The predicted octanol–water partition coefficient (Wildman–Crippen LogP) is 4.84. The molecule has 3 rings (SSSR count). The quantitative estimate of drug-likeness (QED) is 0.602. The number of amides is 2. The van der Waals surface area contributed by atoms with Gasteiger partial charge in [-0.05, 0) is 42.7 Å². The van der Waals surface area contributed by atoms with Gasteiger partial charge in [0.1, 0.15) is 0 Å². The highest BCUT2D eigenvalue weighted by Gasteiger charge is 2.30. The topological polar surface area (TPSA) is 64.4 Å². The van der Waals surface area contributed by atoms with Crippen LogP contribution >= 0.6 is 15.9 Å². The maximum atomic E-state index is 12.9. The van der Waals surface area contributed by atoms with Gasteiger partial charge in [-0.15, -0.1) is 0 Å². The number of benzene rings is 2. The Balaban J connectivity index is 1.64. The summed E-state index contributed by atoms with van der Waals surface area (Å²) in [5.74, 6) is -0.118. The Labute approximate surface area is 180 Å². The van der Waals surface area contributed by atoms with Gasteiger partial charge in [0.25, 0.3) is 0 Å². The number of likely N-dealkylation sites (tertiary alicyclic amines) is 1. The van der Waals surface area contributed by atoms with Crippen molar-refractivity contribution in [1.82, 2.24) is 4.90 Å². The molecule has 0 N–H and O–H groups in total. The smallest absolute Gasteiger partial charge is 0.227 e. The molecule has 2 amide bonds. The van der Waals surface area contributed by atoms with Crippen LogP contribution in [0.2, 0.25) is 0 Å². The zero-order chi connectivity index (χ0) is 20.6. The Morgan fingerprint density at radius 2 is 1.93 bits per heavy atom. The summed E-state index contributed by atoms with van der Waals surface area (Å²) < 4.78 is 1.00. The summed E-state index contributed by atoms with van der Waals surface area (Å²) >= 11 is 3.50. The van der Waals surface area contributed by atoms with Crippen molar-refractivity contribution in [2.45, 2.75) is 38.1 Å².